The van der Waals surface area contributed by atoms with Crippen molar-refractivity contribution in [3.05, 3.63) is 52.8 Å². The standard InChI is InChI=1S/C13H16ClN3/c1-10-7-16-17(8-10)9-12(6-15)11-3-2-4-13(14)5-11/h2-5,7-8,12H,6,9,15H2,1H3. The molecule has 0 radical (unpaired) electrons. The van der Waals surface area contributed by atoms with Crippen LogP contribution in [0, 0.1) is 6.92 Å². The van der Waals surface area contributed by atoms with Crippen molar-refractivity contribution in [1.29, 1.82) is 0 Å². The van der Waals surface area contributed by atoms with Gasteiger partial charge in [-0.2, -0.15) is 5.10 Å². The van der Waals surface area contributed by atoms with Crippen LogP contribution in [0.25, 0.3) is 0 Å². The minimum Gasteiger partial charge on any atom is -0.330 e. The van der Waals surface area contributed by atoms with Crippen molar-refractivity contribution in [2.45, 2.75) is 19.4 Å². The zero-order valence-corrected chi connectivity index (χ0v) is 10.6. The van der Waals surface area contributed by atoms with E-state index < -0.39 is 0 Å². The van der Waals surface area contributed by atoms with Crippen molar-refractivity contribution in [3.8, 4) is 0 Å². The highest BCUT2D eigenvalue weighted by Crippen LogP contribution is 2.20. The van der Waals surface area contributed by atoms with Crippen LogP contribution in [0.2, 0.25) is 5.02 Å². The Morgan fingerprint density at radius 2 is 2.29 bits per heavy atom. The van der Waals surface area contributed by atoms with Crippen LogP contribution in [-0.2, 0) is 6.54 Å². The summed E-state index contributed by atoms with van der Waals surface area (Å²) in [5, 5.41) is 5.03. The molecule has 17 heavy (non-hydrogen) atoms. The zero-order valence-electron chi connectivity index (χ0n) is 9.81. The number of nitrogens with zero attached hydrogens (tertiary/aromatic N) is 2. The van der Waals surface area contributed by atoms with Gasteiger partial charge in [-0.05, 0) is 30.2 Å². The summed E-state index contributed by atoms with van der Waals surface area (Å²) in [6, 6.07) is 7.85. The van der Waals surface area contributed by atoms with E-state index >= 15 is 0 Å². The number of rotatable bonds is 4. The lowest BCUT2D eigenvalue weighted by atomic mass is 9.99. The SMILES string of the molecule is Cc1cnn(CC(CN)c2cccc(Cl)c2)c1. The first-order chi connectivity index (χ1) is 8.19. The van der Waals surface area contributed by atoms with Gasteiger partial charge in [0.05, 0.1) is 6.20 Å². The highest BCUT2D eigenvalue weighted by atomic mass is 35.5. The third-order valence-electron chi connectivity index (χ3n) is 2.77. The Balaban J connectivity index is 2.16. The summed E-state index contributed by atoms with van der Waals surface area (Å²) in [4.78, 5) is 0. The summed E-state index contributed by atoms with van der Waals surface area (Å²) < 4.78 is 1.92. The molecular formula is C13H16ClN3. The lowest BCUT2D eigenvalue weighted by Gasteiger charge is -2.15. The maximum absolute atomic E-state index is 5.99. The molecule has 0 bridgehead atoms. The molecule has 1 aromatic carbocycles. The lowest BCUT2D eigenvalue weighted by Crippen LogP contribution is -2.18. The van der Waals surface area contributed by atoms with Crippen LogP contribution in [0.15, 0.2) is 36.7 Å². The molecular weight excluding hydrogens is 234 g/mol. The van der Waals surface area contributed by atoms with E-state index in [-0.39, 0.29) is 5.92 Å². The molecule has 1 heterocycles. The molecule has 2 N–H and O–H groups in total. The molecule has 0 saturated heterocycles. The van der Waals surface area contributed by atoms with Crippen LogP contribution < -0.4 is 5.73 Å². The van der Waals surface area contributed by atoms with Gasteiger partial charge in [0.2, 0.25) is 0 Å². The molecule has 0 aliphatic rings. The van der Waals surface area contributed by atoms with Gasteiger partial charge < -0.3 is 5.73 Å². The third kappa shape index (κ3) is 3.08. The molecule has 3 nitrogen and oxygen atoms in total. The Kier molecular flexibility index (Phi) is 3.82. The predicted molar refractivity (Wildman–Crippen MR) is 70.2 cm³/mol. The van der Waals surface area contributed by atoms with Gasteiger partial charge in [0.1, 0.15) is 0 Å². The minimum absolute atomic E-state index is 0.244. The number of benzene rings is 1. The molecule has 1 unspecified atom stereocenters. The van der Waals surface area contributed by atoms with Crippen molar-refractivity contribution >= 4 is 11.6 Å². The van der Waals surface area contributed by atoms with E-state index in [4.69, 9.17) is 17.3 Å². The number of halogens is 1. The second-order valence-corrected chi connectivity index (χ2v) is 4.66. The largest absolute Gasteiger partial charge is 0.330 e. The van der Waals surface area contributed by atoms with E-state index in [1.54, 1.807) is 0 Å². The van der Waals surface area contributed by atoms with Gasteiger partial charge in [-0.1, -0.05) is 23.7 Å². The summed E-state index contributed by atoms with van der Waals surface area (Å²) in [6.45, 7) is 3.39. The van der Waals surface area contributed by atoms with Gasteiger partial charge in [-0.3, -0.25) is 4.68 Å². The smallest absolute Gasteiger partial charge is 0.0518 e. The summed E-state index contributed by atoms with van der Waals surface area (Å²) in [6.07, 6.45) is 3.87. The minimum atomic E-state index is 0.244. The Hall–Kier alpha value is -1.32. The number of hydrogen-bond acceptors (Lipinski definition) is 2. The molecule has 2 rings (SSSR count). The number of aryl methyl sites for hydroxylation is 1. The normalized spacial score (nSPS) is 12.6. The molecule has 1 atom stereocenters. The second kappa shape index (κ2) is 5.34. The van der Waals surface area contributed by atoms with Crippen molar-refractivity contribution in [3.63, 3.8) is 0 Å². The van der Waals surface area contributed by atoms with Crippen LogP contribution in [-0.4, -0.2) is 16.3 Å². The molecule has 90 valence electrons. The molecule has 0 aliphatic heterocycles. The Morgan fingerprint density at radius 3 is 2.88 bits per heavy atom. The second-order valence-electron chi connectivity index (χ2n) is 4.23. The first kappa shape index (κ1) is 12.1. The van der Waals surface area contributed by atoms with Gasteiger partial charge in [-0.25, -0.2) is 0 Å². The molecule has 1 aromatic heterocycles. The average Bonchev–Trinajstić information content (AvgIpc) is 2.72. The van der Waals surface area contributed by atoms with Gasteiger partial charge in [0.15, 0.2) is 0 Å². The molecule has 2 aromatic rings. The van der Waals surface area contributed by atoms with Crippen LogP contribution in [0.5, 0.6) is 0 Å². The summed E-state index contributed by atoms with van der Waals surface area (Å²) in [7, 11) is 0. The van der Waals surface area contributed by atoms with Crippen molar-refractivity contribution < 1.29 is 0 Å². The summed E-state index contributed by atoms with van der Waals surface area (Å²) in [5.74, 6) is 0.244. The van der Waals surface area contributed by atoms with Crippen LogP contribution in [0.1, 0.15) is 17.0 Å². The van der Waals surface area contributed by atoms with E-state index in [0.29, 0.717) is 6.54 Å². The van der Waals surface area contributed by atoms with E-state index in [1.165, 1.54) is 0 Å². The highest BCUT2D eigenvalue weighted by Gasteiger charge is 2.11. The number of hydrogen-bond donors (Lipinski definition) is 1. The topological polar surface area (TPSA) is 43.8 Å². The van der Waals surface area contributed by atoms with Crippen LogP contribution >= 0.6 is 11.6 Å². The maximum Gasteiger partial charge on any atom is 0.0518 e. The summed E-state index contributed by atoms with van der Waals surface area (Å²) in [5.41, 5.74) is 8.14. The number of aromatic nitrogens is 2. The van der Waals surface area contributed by atoms with E-state index in [1.807, 2.05) is 42.2 Å². The van der Waals surface area contributed by atoms with Crippen molar-refractivity contribution in [2.75, 3.05) is 6.54 Å². The van der Waals surface area contributed by atoms with E-state index in [2.05, 4.69) is 11.2 Å². The molecule has 0 fully saturated rings. The first-order valence-corrected chi connectivity index (χ1v) is 6.01. The van der Waals surface area contributed by atoms with E-state index in [9.17, 15) is 0 Å². The fourth-order valence-electron chi connectivity index (χ4n) is 1.87. The highest BCUT2D eigenvalue weighted by molar-refractivity contribution is 6.30. The maximum atomic E-state index is 5.99. The Bertz CT molecular complexity index is 493. The summed E-state index contributed by atoms with van der Waals surface area (Å²) >= 11 is 5.99. The quantitative estimate of drug-likeness (QED) is 0.905. The fourth-order valence-corrected chi connectivity index (χ4v) is 2.07. The molecule has 0 aliphatic carbocycles. The predicted octanol–water partition coefficient (Wildman–Crippen LogP) is 2.59. The molecule has 4 heteroatoms. The Labute approximate surface area is 106 Å². The first-order valence-electron chi connectivity index (χ1n) is 5.63. The molecule has 0 saturated carbocycles. The molecule has 0 amide bonds. The Morgan fingerprint density at radius 1 is 1.47 bits per heavy atom. The zero-order chi connectivity index (χ0) is 12.3. The van der Waals surface area contributed by atoms with Crippen LogP contribution in [0.3, 0.4) is 0 Å². The van der Waals surface area contributed by atoms with Crippen molar-refractivity contribution in [1.82, 2.24) is 9.78 Å². The van der Waals surface area contributed by atoms with Gasteiger partial charge in [-0.15, -0.1) is 0 Å². The molecule has 0 spiro atoms. The van der Waals surface area contributed by atoms with Gasteiger partial charge in [0.25, 0.3) is 0 Å². The average molecular weight is 250 g/mol. The number of nitrogens with two attached hydrogens (primary N) is 1. The van der Waals surface area contributed by atoms with Gasteiger partial charge in [0, 0.05) is 30.2 Å². The van der Waals surface area contributed by atoms with Gasteiger partial charge >= 0.3 is 0 Å². The lowest BCUT2D eigenvalue weighted by molar-refractivity contribution is 0.521. The van der Waals surface area contributed by atoms with Crippen LogP contribution in [0.4, 0.5) is 0 Å². The fraction of sp³-hybridized carbons (Fsp3) is 0.308. The van der Waals surface area contributed by atoms with E-state index in [0.717, 1.165) is 22.7 Å². The van der Waals surface area contributed by atoms with Crippen molar-refractivity contribution in [2.24, 2.45) is 5.73 Å². The third-order valence-corrected chi connectivity index (χ3v) is 3.01. The monoisotopic (exact) mass is 249 g/mol.